The molecular weight excluding hydrogens is 382 g/mol. The van der Waals surface area contributed by atoms with Gasteiger partial charge in [-0.3, -0.25) is 10.2 Å². The topological polar surface area (TPSA) is 135 Å². The van der Waals surface area contributed by atoms with Gasteiger partial charge >= 0.3 is 5.97 Å². The number of nitriles is 1. The van der Waals surface area contributed by atoms with E-state index in [4.69, 9.17) is 17.0 Å². The fourth-order valence-electron chi connectivity index (χ4n) is 3.05. The molecule has 1 spiro atoms. The molecule has 140 valence electrons. The number of nitrogens with one attached hydrogen (secondary N) is 2. The van der Waals surface area contributed by atoms with E-state index in [0.717, 1.165) is 0 Å². The Labute approximate surface area is 163 Å². The maximum Gasteiger partial charge on any atom is 0.335 e. The van der Waals surface area contributed by atoms with Crippen molar-refractivity contribution in [1.82, 2.24) is 15.4 Å². The van der Waals surface area contributed by atoms with Gasteiger partial charge in [0.25, 0.3) is 5.91 Å². The van der Waals surface area contributed by atoms with Gasteiger partial charge in [-0.2, -0.15) is 5.26 Å². The molecule has 28 heavy (non-hydrogen) atoms. The lowest BCUT2D eigenvalue weighted by molar-refractivity contribution is -0.117. The van der Waals surface area contributed by atoms with Crippen molar-refractivity contribution in [2.24, 2.45) is 0 Å². The summed E-state index contributed by atoms with van der Waals surface area (Å²) in [5, 5.41) is 20.2. The zero-order valence-corrected chi connectivity index (χ0v) is 15.3. The predicted octanol–water partition coefficient (Wildman–Crippen LogP) is 1.90. The van der Waals surface area contributed by atoms with Gasteiger partial charge in [-0.1, -0.05) is 24.4 Å². The second kappa shape index (κ2) is 6.26. The fourth-order valence-corrected chi connectivity index (χ4v) is 3.28. The molecule has 1 aromatic heterocycles. The third-order valence-corrected chi connectivity index (χ3v) is 4.88. The lowest BCUT2D eigenvalue weighted by atomic mass is 10.1. The average Bonchev–Trinajstić information content (AvgIpc) is 3.46. The zero-order chi connectivity index (χ0) is 20.1. The van der Waals surface area contributed by atoms with Crippen molar-refractivity contribution in [2.45, 2.75) is 12.6 Å². The number of aromatic nitrogens is 2. The maximum atomic E-state index is 12.0. The van der Waals surface area contributed by atoms with E-state index < -0.39 is 11.7 Å². The summed E-state index contributed by atoms with van der Waals surface area (Å²) < 4.78 is 5.60. The van der Waals surface area contributed by atoms with Gasteiger partial charge in [-0.05, 0) is 24.6 Å². The Bertz CT molecular complexity index is 1160. The predicted molar refractivity (Wildman–Crippen MR) is 99.6 cm³/mol. The summed E-state index contributed by atoms with van der Waals surface area (Å²) in [5.41, 5.74) is 3.08. The Kier molecular flexibility index (Phi) is 3.99. The molecule has 3 heterocycles. The molecule has 0 bridgehead atoms. The number of benzene rings is 1. The highest BCUT2D eigenvalue weighted by Gasteiger charge is 2.56. The van der Waals surface area contributed by atoms with Gasteiger partial charge in [0.05, 0.1) is 5.56 Å². The Morgan fingerprint density at radius 3 is 2.89 bits per heavy atom. The van der Waals surface area contributed by atoms with Gasteiger partial charge in [0.15, 0.2) is 5.82 Å². The summed E-state index contributed by atoms with van der Waals surface area (Å²) >= 11 is 5.27. The molecule has 1 atom stereocenters. The zero-order valence-electron chi connectivity index (χ0n) is 14.5. The van der Waals surface area contributed by atoms with E-state index in [-0.39, 0.29) is 33.3 Å². The lowest BCUT2D eigenvalue weighted by Crippen LogP contribution is -2.55. The number of carboxylic acids is 1. The van der Waals surface area contributed by atoms with Crippen LogP contribution in [0.5, 0.6) is 0 Å². The average molecular weight is 395 g/mol. The number of amides is 1. The molecule has 2 aliphatic heterocycles. The Morgan fingerprint density at radius 1 is 1.50 bits per heavy atom. The number of epoxide rings is 1. The second-order valence-electron chi connectivity index (χ2n) is 6.32. The number of aromatic carboxylic acids is 1. The SMILES string of the molecule is CC1=CC(=O)NN(c2[nH]c(-c3cccc(C(=O)O)c3)nc(=S)c2C#N)C12CO2. The molecule has 4 rings (SSSR count). The number of ether oxygens (including phenoxy) is 1. The van der Waals surface area contributed by atoms with Crippen LogP contribution in [0.1, 0.15) is 22.8 Å². The van der Waals surface area contributed by atoms with Crippen LogP contribution in [0.2, 0.25) is 0 Å². The maximum absolute atomic E-state index is 12.0. The molecule has 0 saturated carbocycles. The number of H-pyrrole nitrogens is 1. The number of hydrazine groups is 1. The number of carbonyl (C=O) groups excluding carboxylic acids is 1. The van der Waals surface area contributed by atoms with Gasteiger partial charge in [-0.25, -0.2) is 14.8 Å². The summed E-state index contributed by atoms with van der Waals surface area (Å²) in [6, 6.07) is 8.15. The van der Waals surface area contributed by atoms with Gasteiger partial charge in [-0.15, -0.1) is 0 Å². The Morgan fingerprint density at radius 2 is 2.25 bits per heavy atom. The molecule has 10 heteroatoms. The van der Waals surface area contributed by atoms with Crippen molar-refractivity contribution < 1.29 is 19.4 Å². The van der Waals surface area contributed by atoms with E-state index in [9.17, 15) is 20.0 Å². The molecule has 1 aromatic carbocycles. The fraction of sp³-hybridized carbons (Fsp3) is 0.167. The molecule has 3 N–H and O–H groups in total. The van der Waals surface area contributed by atoms with Crippen LogP contribution < -0.4 is 10.4 Å². The first kappa shape index (κ1) is 17.8. The number of hydrogen-bond donors (Lipinski definition) is 3. The molecule has 1 saturated heterocycles. The van der Waals surface area contributed by atoms with Gasteiger partial charge < -0.3 is 14.8 Å². The highest BCUT2D eigenvalue weighted by molar-refractivity contribution is 7.71. The van der Waals surface area contributed by atoms with Crippen LogP contribution in [0, 0.1) is 16.0 Å². The third kappa shape index (κ3) is 2.74. The number of aromatic amines is 1. The van der Waals surface area contributed by atoms with E-state index in [1.165, 1.54) is 23.2 Å². The van der Waals surface area contributed by atoms with E-state index in [0.29, 0.717) is 17.7 Å². The Hall–Kier alpha value is -3.55. The van der Waals surface area contributed by atoms with Crippen LogP contribution in [0.4, 0.5) is 5.82 Å². The van der Waals surface area contributed by atoms with Crippen LogP contribution >= 0.6 is 12.2 Å². The van der Waals surface area contributed by atoms with E-state index in [1.54, 1.807) is 19.1 Å². The molecule has 0 radical (unpaired) electrons. The lowest BCUT2D eigenvalue weighted by Gasteiger charge is -2.34. The van der Waals surface area contributed by atoms with E-state index in [1.807, 2.05) is 6.07 Å². The summed E-state index contributed by atoms with van der Waals surface area (Å²) in [4.78, 5) is 30.5. The highest BCUT2D eigenvalue weighted by atomic mass is 32.1. The first-order chi connectivity index (χ1) is 13.4. The molecule has 2 aliphatic rings. The van der Waals surface area contributed by atoms with E-state index in [2.05, 4.69) is 15.4 Å². The van der Waals surface area contributed by atoms with Crippen LogP contribution in [-0.2, 0) is 9.53 Å². The van der Waals surface area contributed by atoms with Crippen molar-refractivity contribution in [1.29, 1.82) is 5.26 Å². The number of rotatable bonds is 3. The first-order valence-corrected chi connectivity index (χ1v) is 8.58. The summed E-state index contributed by atoms with van der Waals surface area (Å²) in [6.07, 6.45) is 1.43. The molecular formula is C18H13N5O4S. The van der Waals surface area contributed by atoms with Crippen LogP contribution in [0.15, 0.2) is 35.9 Å². The monoisotopic (exact) mass is 395 g/mol. The first-order valence-electron chi connectivity index (χ1n) is 8.17. The number of hydrogen-bond acceptors (Lipinski definition) is 7. The van der Waals surface area contributed by atoms with Crippen molar-refractivity contribution in [3.05, 3.63) is 51.7 Å². The summed E-state index contributed by atoms with van der Waals surface area (Å²) in [5.74, 6) is -0.965. The highest BCUT2D eigenvalue weighted by Crippen LogP contribution is 2.42. The number of nitrogens with zero attached hydrogens (tertiary/aromatic N) is 3. The standard InChI is InChI=1S/C18H13N5O4S/c1-9-5-13(24)22-23(18(9)8-27-18)15-12(7-19)16(28)21-14(20-15)10-3-2-4-11(6-10)17(25)26/h2-6H,8H2,1H3,(H,22,24)(H,25,26)(H,20,21,28). The summed E-state index contributed by atoms with van der Waals surface area (Å²) in [6.45, 7) is 2.09. The van der Waals surface area contributed by atoms with Crippen molar-refractivity contribution in [3.63, 3.8) is 0 Å². The smallest absolute Gasteiger partial charge is 0.335 e. The third-order valence-electron chi connectivity index (χ3n) is 4.58. The van der Waals surface area contributed by atoms with E-state index >= 15 is 0 Å². The largest absolute Gasteiger partial charge is 0.478 e. The minimum Gasteiger partial charge on any atom is -0.478 e. The molecule has 1 unspecified atom stereocenters. The summed E-state index contributed by atoms with van der Waals surface area (Å²) in [7, 11) is 0. The van der Waals surface area contributed by atoms with Crippen molar-refractivity contribution in [3.8, 4) is 17.5 Å². The number of carbonyl (C=O) groups is 2. The molecule has 0 aliphatic carbocycles. The van der Waals surface area contributed by atoms with Crippen LogP contribution in [0.3, 0.4) is 0 Å². The normalized spacial score (nSPS) is 20.4. The van der Waals surface area contributed by atoms with Crippen molar-refractivity contribution in [2.75, 3.05) is 11.6 Å². The molecule has 1 fully saturated rings. The van der Waals surface area contributed by atoms with Gasteiger partial charge in [0, 0.05) is 11.6 Å². The van der Waals surface area contributed by atoms with Crippen LogP contribution in [-0.4, -0.2) is 39.3 Å². The molecule has 2 aromatic rings. The Balaban J connectivity index is 1.89. The van der Waals surface area contributed by atoms with Gasteiger partial charge in [0.2, 0.25) is 5.72 Å². The van der Waals surface area contributed by atoms with Crippen molar-refractivity contribution >= 4 is 29.9 Å². The minimum absolute atomic E-state index is 0.0178. The van der Waals surface area contributed by atoms with Gasteiger partial charge in [0.1, 0.15) is 28.7 Å². The quantitative estimate of drug-likeness (QED) is 0.530. The molecule has 1 amide bonds. The number of anilines is 1. The number of carboxylic acid groups (broad SMARTS) is 1. The van der Waals surface area contributed by atoms with Crippen LogP contribution in [0.25, 0.3) is 11.4 Å². The molecule has 9 nitrogen and oxygen atoms in total. The second-order valence-corrected chi connectivity index (χ2v) is 6.71. The minimum atomic E-state index is -1.08.